The van der Waals surface area contributed by atoms with E-state index in [1.54, 1.807) is 0 Å². The second-order valence-electron chi connectivity index (χ2n) is 3.37. The fraction of sp³-hybridized carbons (Fsp3) is 1.00. The Morgan fingerprint density at radius 1 is 0.706 bits per heavy atom. The van der Waals surface area contributed by atoms with Crippen LogP contribution in [0.2, 0.25) is 0 Å². The van der Waals surface area contributed by atoms with Crippen molar-refractivity contribution in [2.75, 3.05) is 13.2 Å². The predicted octanol–water partition coefficient (Wildman–Crippen LogP) is 2.70. The molecule has 0 aliphatic rings. The first-order valence-corrected chi connectivity index (χ1v) is 6.15. The highest BCUT2D eigenvalue weighted by Gasteiger charge is 2.26. The van der Waals surface area contributed by atoms with E-state index >= 15 is 0 Å². The Morgan fingerprint density at radius 3 is 1.35 bits per heavy atom. The van der Waals surface area contributed by atoms with Crippen LogP contribution in [-0.4, -0.2) is 35.6 Å². The van der Waals surface area contributed by atoms with Crippen LogP contribution in [0.15, 0.2) is 0 Å². The Labute approximate surface area is 97.3 Å². The molecule has 0 aliphatic heterocycles. The van der Waals surface area contributed by atoms with Gasteiger partial charge in [-0.15, -0.1) is 0 Å². The molecule has 0 rings (SSSR count). The van der Waals surface area contributed by atoms with Gasteiger partial charge < -0.3 is 8.85 Å². The van der Waals surface area contributed by atoms with Gasteiger partial charge in [0.25, 0.3) is 0 Å². The van der Waals surface area contributed by atoms with Crippen molar-refractivity contribution in [2.24, 2.45) is 0 Å². The Hall–Kier alpha value is -0.283. The van der Waals surface area contributed by atoms with Crippen LogP contribution in [-0.2, 0) is 8.85 Å². The van der Waals surface area contributed by atoms with E-state index in [0.29, 0.717) is 0 Å². The molecule has 0 spiro atoms. The lowest BCUT2D eigenvalue weighted by molar-refractivity contribution is -0.136. The summed E-state index contributed by atoms with van der Waals surface area (Å²) in [6.07, 6.45) is -10.5. The predicted molar refractivity (Wildman–Crippen MR) is 51.0 cm³/mol. The molecule has 0 atom stereocenters. The van der Waals surface area contributed by atoms with Crippen molar-refractivity contribution in [1.29, 1.82) is 0 Å². The van der Waals surface area contributed by atoms with Crippen molar-refractivity contribution in [3.63, 3.8) is 0 Å². The van der Waals surface area contributed by atoms with E-state index in [4.69, 9.17) is 8.85 Å². The number of halogens is 6. The zero-order chi connectivity index (χ0) is 13.4. The first-order chi connectivity index (χ1) is 7.71. The quantitative estimate of drug-likeness (QED) is 0.387. The highest BCUT2D eigenvalue weighted by molar-refractivity contribution is 6.17. The van der Waals surface area contributed by atoms with E-state index < -0.39 is 35.2 Å². The van der Waals surface area contributed by atoms with Crippen molar-refractivity contribution < 1.29 is 35.2 Å². The molecule has 2 nitrogen and oxygen atoms in total. The third kappa shape index (κ3) is 15.7. The molecule has 0 bridgehead atoms. The van der Waals surface area contributed by atoms with E-state index in [0.717, 1.165) is 0 Å². The summed E-state index contributed by atoms with van der Waals surface area (Å²) in [7, 11) is -1.45. The van der Waals surface area contributed by atoms with E-state index in [-0.39, 0.29) is 26.1 Å². The third-order valence-corrected chi connectivity index (χ3v) is 2.58. The van der Waals surface area contributed by atoms with Crippen molar-refractivity contribution in [3.05, 3.63) is 0 Å². The van der Waals surface area contributed by atoms with E-state index in [9.17, 15) is 26.3 Å². The fourth-order valence-electron chi connectivity index (χ4n) is 0.926. The second kappa shape index (κ2) is 7.93. The van der Waals surface area contributed by atoms with Crippen LogP contribution in [0.3, 0.4) is 0 Å². The van der Waals surface area contributed by atoms with E-state index in [1.807, 2.05) is 0 Å². The molecular weight excluding hydrogens is 270 g/mol. The summed E-state index contributed by atoms with van der Waals surface area (Å²) in [5.41, 5.74) is 0. The van der Waals surface area contributed by atoms with Crippen molar-refractivity contribution in [1.82, 2.24) is 0 Å². The molecule has 0 unspecified atom stereocenters. The van der Waals surface area contributed by atoms with Gasteiger partial charge >= 0.3 is 22.4 Å². The standard InChI is InChI=1S/C8H14F6O2Si/c9-7(10,11)3-1-5-15-17-16-6-2-4-8(12,13)14/h1-6,17H2. The Morgan fingerprint density at radius 2 is 1.06 bits per heavy atom. The van der Waals surface area contributed by atoms with E-state index in [2.05, 4.69) is 0 Å². The van der Waals surface area contributed by atoms with Crippen LogP contribution < -0.4 is 0 Å². The minimum absolute atomic E-state index is 0.0645. The SMILES string of the molecule is FC(F)(F)CCCO[SiH2]OCCCC(F)(F)F. The number of hydrogen-bond donors (Lipinski definition) is 0. The Balaban J connectivity index is 3.15. The largest absolute Gasteiger partial charge is 0.399 e. The molecule has 9 heteroatoms. The normalized spacial score (nSPS) is 13.1. The van der Waals surface area contributed by atoms with Gasteiger partial charge in [-0.2, -0.15) is 26.3 Å². The second-order valence-corrected chi connectivity index (χ2v) is 4.42. The molecule has 0 aromatic heterocycles. The van der Waals surface area contributed by atoms with Gasteiger partial charge in [0, 0.05) is 26.1 Å². The molecule has 104 valence electrons. The summed E-state index contributed by atoms with van der Waals surface area (Å²) >= 11 is 0. The molecule has 0 fully saturated rings. The van der Waals surface area contributed by atoms with Crippen LogP contribution in [0.25, 0.3) is 0 Å². The van der Waals surface area contributed by atoms with Gasteiger partial charge in [-0.1, -0.05) is 0 Å². The Bertz CT molecular complexity index is 173. The average Bonchev–Trinajstić information content (AvgIpc) is 2.11. The third-order valence-electron chi connectivity index (χ3n) is 1.66. The maximum atomic E-state index is 11.7. The molecule has 0 saturated heterocycles. The van der Waals surface area contributed by atoms with Crippen LogP contribution in [0.4, 0.5) is 26.3 Å². The van der Waals surface area contributed by atoms with Crippen LogP contribution in [0.5, 0.6) is 0 Å². The highest BCUT2D eigenvalue weighted by Crippen LogP contribution is 2.21. The van der Waals surface area contributed by atoms with E-state index in [1.165, 1.54) is 0 Å². The molecule has 0 aromatic carbocycles. The summed E-state index contributed by atoms with van der Waals surface area (Å²) in [4.78, 5) is 0. The van der Waals surface area contributed by atoms with Crippen LogP contribution in [0.1, 0.15) is 25.7 Å². The van der Waals surface area contributed by atoms with Crippen LogP contribution in [0, 0.1) is 0 Å². The summed E-state index contributed by atoms with van der Waals surface area (Å²) in [5.74, 6) is 0. The number of alkyl halides is 6. The van der Waals surface area contributed by atoms with Crippen molar-refractivity contribution in [2.45, 2.75) is 38.0 Å². The van der Waals surface area contributed by atoms with Crippen LogP contribution >= 0.6 is 0 Å². The molecule has 0 saturated carbocycles. The molecule has 0 N–H and O–H groups in total. The topological polar surface area (TPSA) is 18.5 Å². The molecule has 0 aromatic rings. The lowest BCUT2D eigenvalue weighted by Gasteiger charge is -2.08. The number of hydrogen-bond acceptors (Lipinski definition) is 2. The molecular formula is C8H14F6O2Si. The van der Waals surface area contributed by atoms with Crippen molar-refractivity contribution >= 4 is 10.0 Å². The molecule has 0 amide bonds. The number of rotatable bonds is 8. The highest BCUT2D eigenvalue weighted by atomic mass is 28.3. The lowest BCUT2D eigenvalue weighted by atomic mass is 10.3. The maximum absolute atomic E-state index is 11.7. The van der Waals surface area contributed by atoms with Gasteiger partial charge in [0.05, 0.1) is 0 Å². The molecule has 17 heavy (non-hydrogen) atoms. The smallest absolute Gasteiger partial charge is 0.389 e. The summed E-state index contributed by atoms with van der Waals surface area (Å²) < 4.78 is 79.6. The summed E-state index contributed by atoms with van der Waals surface area (Å²) in [6.45, 7) is -0.129. The minimum Gasteiger partial charge on any atom is -0.399 e. The monoisotopic (exact) mass is 284 g/mol. The molecule has 0 heterocycles. The lowest BCUT2D eigenvalue weighted by Crippen LogP contribution is -2.13. The summed E-state index contributed by atoms with van der Waals surface area (Å²) in [6, 6.07) is 0. The fourth-order valence-corrected chi connectivity index (χ4v) is 1.69. The van der Waals surface area contributed by atoms with Gasteiger partial charge in [0.1, 0.15) is 0 Å². The first-order valence-electron chi connectivity index (χ1n) is 5.00. The first kappa shape index (κ1) is 16.7. The maximum Gasteiger partial charge on any atom is 0.389 e. The zero-order valence-corrected chi connectivity index (χ0v) is 10.4. The van der Waals surface area contributed by atoms with Gasteiger partial charge in [-0.25, -0.2) is 0 Å². The van der Waals surface area contributed by atoms with Crippen molar-refractivity contribution in [3.8, 4) is 0 Å². The van der Waals surface area contributed by atoms with Gasteiger partial charge in [-0.3, -0.25) is 0 Å². The zero-order valence-electron chi connectivity index (χ0n) is 9.03. The molecule has 0 aliphatic carbocycles. The molecule has 0 radical (unpaired) electrons. The average molecular weight is 284 g/mol. The van der Waals surface area contributed by atoms with Gasteiger partial charge in [-0.05, 0) is 12.8 Å². The van der Waals surface area contributed by atoms with Gasteiger partial charge in [0.15, 0.2) is 0 Å². The Kier molecular flexibility index (Phi) is 7.80. The summed E-state index contributed by atoms with van der Waals surface area (Å²) in [5, 5.41) is 0. The minimum atomic E-state index is -4.20. The van der Waals surface area contributed by atoms with Gasteiger partial charge in [0.2, 0.25) is 0 Å².